The zero-order valence-corrected chi connectivity index (χ0v) is 10.7. The third-order valence-corrected chi connectivity index (χ3v) is 3.25. The number of aromatic hydroxyl groups is 2. The van der Waals surface area contributed by atoms with Crippen LogP contribution < -0.4 is 11.1 Å². The number of carbonyl (C=O) groups is 1. The standard InChI is InChI=1S/C13H20N2O3/c1-3-13(14,4-2)8-15-12(18)9-5-6-10(16)11(17)7-9/h5-7,16-17H,3-4,8,14H2,1-2H3,(H,15,18). The molecule has 0 aliphatic carbocycles. The fraction of sp³-hybridized carbons (Fsp3) is 0.462. The Balaban J connectivity index is 2.68. The molecule has 0 aromatic heterocycles. The van der Waals surface area contributed by atoms with Crippen molar-refractivity contribution in [2.75, 3.05) is 6.54 Å². The van der Waals surface area contributed by atoms with Crippen LogP contribution in [0.15, 0.2) is 18.2 Å². The largest absolute Gasteiger partial charge is 0.504 e. The lowest BCUT2D eigenvalue weighted by atomic mass is 9.94. The van der Waals surface area contributed by atoms with Gasteiger partial charge in [0.2, 0.25) is 0 Å². The van der Waals surface area contributed by atoms with Crippen molar-refractivity contribution in [1.82, 2.24) is 5.32 Å². The molecule has 0 spiro atoms. The molecule has 1 aromatic carbocycles. The highest BCUT2D eigenvalue weighted by molar-refractivity contribution is 5.94. The van der Waals surface area contributed by atoms with E-state index in [1.54, 1.807) is 0 Å². The predicted octanol–water partition coefficient (Wildman–Crippen LogP) is 1.35. The van der Waals surface area contributed by atoms with Crippen molar-refractivity contribution in [1.29, 1.82) is 0 Å². The van der Waals surface area contributed by atoms with E-state index >= 15 is 0 Å². The van der Waals surface area contributed by atoms with Crippen molar-refractivity contribution >= 4 is 5.91 Å². The first kappa shape index (κ1) is 14.3. The van der Waals surface area contributed by atoms with E-state index in [2.05, 4.69) is 5.32 Å². The van der Waals surface area contributed by atoms with Crippen LogP contribution in [0.3, 0.4) is 0 Å². The van der Waals surface area contributed by atoms with Gasteiger partial charge in [-0.1, -0.05) is 13.8 Å². The Morgan fingerprint density at radius 3 is 2.39 bits per heavy atom. The van der Waals surface area contributed by atoms with Crippen LogP contribution in [-0.4, -0.2) is 28.2 Å². The van der Waals surface area contributed by atoms with Gasteiger partial charge in [-0.05, 0) is 31.0 Å². The first-order valence-electron chi connectivity index (χ1n) is 6.01. The van der Waals surface area contributed by atoms with Gasteiger partial charge in [0.25, 0.3) is 5.91 Å². The first-order valence-corrected chi connectivity index (χ1v) is 6.01. The molecule has 0 bridgehead atoms. The third kappa shape index (κ3) is 3.37. The van der Waals surface area contributed by atoms with E-state index in [0.717, 1.165) is 12.8 Å². The number of nitrogens with two attached hydrogens (primary N) is 1. The van der Waals surface area contributed by atoms with Gasteiger partial charge in [0.15, 0.2) is 11.5 Å². The lowest BCUT2D eigenvalue weighted by Crippen LogP contribution is -2.49. The number of phenols is 2. The summed E-state index contributed by atoms with van der Waals surface area (Å²) in [5, 5.41) is 21.2. The number of benzene rings is 1. The van der Waals surface area contributed by atoms with E-state index in [9.17, 15) is 9.90 Å². The maximum absolute atomic E-state index is 11.8. The van der Waals surface area contributed by atoms with Gasteiger partial charge in [-0.25, -0.2) is 0 Å². The molecule has 5 heteroatoms. The molecule has 1 aromatic rings. The smallest absolute Gasteiger partial charge is 0.251 e. The summed E-state index contributed by atoms with van der Waals surface area (Å²) in [5.74, 6) is -0.878. The van der Waals surface area contributed by atoms with Gasteiger partial charge in [0, 0.05) is 17.6 Å². The molecule has 18 heavy (non-hydrogen) atoms. The van der Waals surface area contributed by atoms with E-state index in [1.165, 1.54) is 18.2 Å². The Hall–Kier alpha value is -1.75. The minimum Gasteiger partial charge on any atom is -0.504 e. The van der Waals surface area contributed by atoms with Gasteiger partial charge >= 0.3 is 0 Å². The molecule has 5 nitrogen and oxygen atoms in total. The highest BCUT2D eigenvalue weighted by Crippen LogP contribution is 2.24. The normalized spacial score (nSPS) is 11.3. The zero-order valence-electron chi connectivity index (χ0n) is 10.7. The average molecular weight is 252 g/mol. The molecule has 0 saturated heterocycles. The number of amides is 1. The SMILES string of the molecule is CCC(N)(CC)CNC(=O)c1ccc(O)c(O)c1. The van der Waals surface area contributed by atoms with Crippen LogP contribution >= 0.6 is 0 Å². The maximum atomic E-state index is 11.8. The summed E-state index contributed by atoms with van der Waals surface area (Å²) in [7, 11) is 0. The maximum Gasteiger partial charge on any atom is 0.251 e. The van der Waals surface area contributed by atoms with Gasteiger partial charge in [-0.15, -0.1) is 0 Å². The summed E-state index contributed by atoms with van der Waals surface area (Å²) in [6.45, 7) is 4.32. The Kier molecular flexibility index (Phi) is 4.55. The second-order valence-corrected chi connectivity index (χ2v) is 4.46. The van der Waals surface area contributed by atoms with E-state index in [0.29, 0.717) is 12.1 Å². The Morgan fingerprint density at radius 1 is 1.28 bits per heavy atom. The van der Waals surface area contributed by atoms with Crippen LogP contribution in [-0.2, 0) is 0 Å². The molecule has 0 aliphatic heterocycles. The zero-order chi connectivity index (χ0) is 13.8. The second-order valence-electron chi connectivity index (χ2n) is 4.46. The molecule has 0 atom stereocenters. The molecule has 1 rings (SSSR count). The van der Waals surface area contributed by atoms with Gasteiger partial charge in [-0.3, -0.25) is 4.79 Å². The van der Waals surface area contributed by atoms with Gasteiger partial charge < -0.3 is 21.3 Å². The van der Waals surface area contributed by atoms with Crippen LogP contribution in [0, 0.1) is 0 Å². The van der Waals surface area contributed by atoms with Crippen LogP contribution in [0.4, 0.5) is 0 Å². The number of carbonyl (C=O) groups excluding carboxylic acids is 1. The van der Waals surface area contributed by atoms with Crippen molar-refractivity contribution in [2.24, 2.45) is 5.73 Å². The fourth-order valence-electron chi connectivity index (χ4n) is 1.52. The molecule has 1 amide bonds. The molecule has 100 valence electrons. The molecule has 0 heterocycles. The van der Waals surface area contributed by atoms with E-state index in [4.69, 9.17) is 10.8 Å². The molecular formula is C13H20N2O3. The second kappa shape index (κ2) is 5.73. The monoisotopic (exact) mass is 252 g/mol. The van der Waals surface area contributed by atoms with Crippen molar-refractivity contribution in [3.63, 3.8) is 0 Å². The Labute approximate surface area is 107 Å². The quantitative estimate of drug-likeness (QED) is 0.595. The number of hydrogen-bond acceptors (Lipinski definition) is 4. The molecule has 0 aliphatic rings. The lowest BCUT2D eigenvalue weighted by molar-refractivity contribution is 0.0941. The summed E-state index contributed by atoms with van der Waals surface area (Å²) in [4.78, 5) is 11.8. The summed E-state index contributed by atoms with van der Waals surface area (Å²) >= 11 is 0. The van der Waals surface area contributed by atoms with E-state index in [1.807, 2.05) is 13.8 Å². The number of hydrogen-bond donors (Lipinski definition) is 4. The lowest BCUT2D eigenvalue weighted by Gasteiger charge is -2.26. The highest BCUT2D eigenvalue weighted by atomic mass is 16.3. The van der Waals surface area contributed by atoms with Gasteiger partial charge in [0.1, 0.15) is 0 Å². The van der Waals surface area contributed by atoms with Crippen molar-refractivity contribution in [2.45, 2.75) is 32.2 Å². The number of rotatable bonds is 5. The topological polar surface area (TPSA) is 95.6 Å². The Bertz CT molecular complexity index is 428. The van der Waals surface area contributed by atoms with Gasteiger partial charge in [-0.2, -0.15) is 0 Å². The van der Waals surface area contributed by atoms with Crippen molar-refractivity contribution in [3.05, 3.63) is 23.8 Å². The number of phenolic OH excluding ortho intramolecular Hbond substituents is 2. The fourth-order valence-corrected chi connectivity index (χ4v) is 1.52. The molecule has 0 saturated carbocycles. The molecule has 0 radical (unpaired) electrons. The van der Waals surface area contributed by atoms with Crippen molar-refractivity contribution < 1.29 is 15.0 Å². The molecule has 5 N–H and O–H groups in total. The minimum absolute atomic E-state index is 0.248. The summed E-state index contributed by atoms with van der Waals surface area (Å²) < 4.78 is 0. The van der Waals surface area contributed by atoms with E-state index < -0.39 is 5.54 Å². The summed E-state index contributed by atoms with van der Waals surface area (Å²) in [6.07, 6.45) is 1.54. The molecular weight excluding hydrogens is 232 g/mol. The molecule has 0 unspecified atom stereocenters. The number of nitrogens with one attached hydrogen (secondary N) is 1. The highest BCUT2D eigenvalue weighted by Gasteiger charge is 2.21. The third-order valence-electron chi connectivity index (χ3n) is 3.25. The Morgan fingerprint density at radius 2 is 1.89 bits per heavy atom. The molecule has 0 fully saturated rings. The van der Waals surface area contributed by atoms with Crippen LogP contribution in [0.2, 0.25) is 0 Å². The van der Waals surface area contributed by atoms with Crippen LogP contribution in [0.25, 0.3) is 0 Å². The minimum atomic E-state index is -0.408. The average Bonchev–Trinajstić information content (AvgIpc) is 2.38. The summed E-state index contributed by atoms with van der Waals surface area (Å²) in [6, 6.07) is 3.95. The van der Waals surface area contributed by atoms with Crippen LogP contribution in [0.5, 0.6) is 11.5 Å². The van der Waals surface area contributed by atoms with E-state index in [-0.39, 0.29) is 17.4 Å². The first-order chi connectivity index (χ1) is 8.41. The van der Waals surface area contributed by atoms with Crippen LogP contribution in [0.1, 0.15) is 37.0 Å². The van der Waals surface area contributed by atoms with Crippen molar-refractivity contribution in [3.8, 4) is 11.5 Å². The summed E-state index contributed by atoms with van der Waals surface area (Å²) in [5.41, 5.74) is 5.96. The van der Waals surface area contributed by atoms with Gasteiger partial charge in [0.05, 0.1) is 0 Å². The predicted molar refractivity (Wildman–Crippen MR) is 69.6 cm³/mol.